The number of carbonyl (C=O) groups is 1. The van der Waals surface area contributed by atoms with Crippen LogP contribution in [-0.2, 0) is 0 Å². The third kappa shape index (κ3) is 3.22. The van der Waals surface area contributed by atoms with E-state index < -0.39 is 0 Å². The molecule has 1 amide bonds. The molecule has 0 aliphatic rings. The predicted molar refractivity (Wildman–Crippen MR) is 69.5 cm³/mol. The van der Waals surface area contributed by atoms with Crippen LogP contribution >= 0.6 is 0 Å². The van der Waals surface area contributed by atoms with Gasteiger partial charge in [-0.15, -0.1) is 0 Å². The zero-order chi connectivity index (χ0) is 13.2. The number of nitrogens with two attached hydrogens (primary N) is 1. The second-order valence-corrected chi connectivity index (χ2v) is 4.89. The first kappa shape index (κ1) is 13.6. The molecule has 2 N–H and O–H groups in total. The van der Waals surface area contributed by atoms with Crippen molar-refractivity contribution in [3.8, 4) is 5.75 Å². The lowest BCUT2D eigenvalue weighted by atomic mass is 9.96. The topological polar surface area (TPSA) is 52.3 Å². The highest BCUT2D eigenvalue weighted by Gasteiger charge is 2.15. The Balaban J connectivity index is 3.30. The Hall–Kier alpha value is -1.51. The van der Waals surface area contributed by atoms with Crippen molar-refractivity contribution in [1.29, 1.82) is 0 Å². The molecule has 0 heterocycles. The van der Waals surface area contributed by atoms with Gasteiger partial charge in [-0.25, -0.2) is 0 Å². The monoisotopic (exact) mass is 235 g/mol. The summed E-state index contributed by atoms with van der Waals surface area (Å²) in [5, 5.41) is 0. The van der Waals surface area contributed by atoms with E-state index in [1.807, 2.05) is 32.9 Å². The van der Waals surface area contributed by atoms with Gasteiger partial charge in [0, 0.05) is 5.56 Å². The minimum Gasteiger partial charge on any atom is -0.491 e. The Morgan fingerprint density at radius 1 is 1.24 bits per heavy atom. The van der Waals surface area contributed by atoms with Crippen LogP contribution < -0.4 is 10.5 Å². The molecule has 1 rings (SSSR count). The van der Waals surface area contributed by atoms with Crippen LogP contribution in [0, 0.1) is 6.92 Å². The molecule has 0 bridgehead atoms. The number of amides is 1. The molecule has 1 aromatic rings. The summed E-state index contributed by atoms with van der Waals surface area (Å²) in [6.45, 7) is 9.99. The smallest absolute Gasteiger partial charge is 0.248 e. The summed E-state index contributed by atoms with van der Waals surface area (Å²) < 4.78 is 5.77. The first-order valence-electron chi connectivity index (χ1n) is 5.94. The largest absolute Gasteiger partial charge is 0.491 e. The van der Waals surface area contributed by atoms with Crippen molar-refractivity contribution in [2.24, 2.45) is 5.73 Å². The fourth-order valence-electron chi connectivity index (χ4n) is 1.77. The predicted octanol–water partition coefficient (Wildman–Crippen LogP) is 3.00. The van der Waals surface area contributed by atoms with E-state index in [0.717, 1.165) is 16.9 Å². The van der Waals surface area contributed by atoms with Crippen LogP contribution in [0.5, 0.6) is 5.75 Å². The number of benzene rings is 1. The SMILES string of the molecule is Cc1cc(OC(C)C)c(C(C)C)cc1C(N)=O. The highest BCUT2D eigenvalue weighted by molar-refractivity contribution is 5.94. The zero-order valence-electron chi connectivity index (χ0n) is 11.2. The third-order valence-electron chi connectivity index (χ3n) is 2.61. The summed E-state index contributed by atoms with van der Waals surface area (Å²) >= 11 is 0. The third-order valence-corrected chi connectivity index (χ3v) is 2.61. The summed E-state index contributed by atoms with van der Waals surface area (Å²) in [6, 6.07) is 3.75. The Labute approximate surface area is 103 Å². The Kier molecular flexibility index (Phi) is 4.16. The van der Waals surface area contributed by atoms with Gasteiger partial charge in [0.25, 0.3) is 0 Å². The molecule has 0 aliphatic heterocycles. The van der Waals surface area contributed by atoms with E-state index in [2.05, 4.69) is 13.8 Å². The number of hydrogen-bond donors (Lipinski definition) is 1. The molecule has 3 nitrogen and oxygen atoms in total. The molecular formula is C14H21NO2. The standard InChI is InChI=1S/C14H21NO2/c1-8(2)11-7-12(14(15)16)10(5)6-13(11)17-9(3)4/h6-9H,1-5H3,(H2,15,16). The van der Waals surface area contributed by atoms with Crippen molar-refractivity contribution in [3.63, 3.8) is 0 Å². The van der Waals surface area contributed by atoms with Crippen molar-refractivity contribution in [1.82, 2.24) is 0 Å². The van der Waals surface area contributed by atoms with Crippen molar-refractivity contribution in [2.45, 2.75) is 46.6 Å². The van der Waals surface area contributed by atoms with Crippen molar-refractivity contribution in [3.05, 3.63) is 28.8 Å². The molecule has 0 spiro atoms. The molecule has 0 aromatic heterocycles. The van der Waals surface area contributed by atoms with Crippen LogP contribution in [0.3, 0.4) is 0 Å². The van der Waals surface area contributed by atoms with E-state index in [0.29, 0.717) is 11.5 Å². The molecule has 1 aromatic carbocycles. The van der Waals surface area contributed by atoms with Crippen LogP contribution in [0.1, 0.15) is 55.1 Å². The molecular weight excluding hydrogens is 214 g/mol. The minimum absolute atomic E-state index is 0.117. The maximum atomic E-state index is 11.3. The number of aryl methyl sites for hydroxylation is 1. The van der Waals surface area contributed by atoms with Crippen LogP contribution in [0.2, 0.25) is 0 Å². The lowest BCUT2D eigenvalue weighted by Gasteiger charge is -2.18. The molecule has 17 heavy (non-hydrogen) atoms. The highest BCUT2D eigenvalue weighted by Crippen LogP contribution is 2.30. The van der Waals surface area contributed by atoms with Gasteiger partial charge in [-0.05, 0) is 49.9 Å². The Morgan fingerprint density at radius 3 is 2.24 bits per heavy atom. The highest BCUT2D eigenvalue weighted by atomic mass is 16.5. The zero-order valence-corrected chi connectivity index (χ0v) is 11.2. The van der Waals surface area contributed by atoms with Crippen molar-refractivity contribution in [2.75, 3.05) is 0 Å². The summed E-state index contributed by atoms with van der Waals surface area (Å²) in [5.74, 6) is 0.750. The van der Waals surface area contributed by atoms with Gasteiger partial charge >= 0.3 is 0 Å². The van der Waals surface area contributed by atoms with E-state index >= 15 is 0 Å². The normalized spacial score (nSPS) is 11.0. The second-order valence-electron chi connectivity index (χ2n) is 4.89. The quantitative estimate of drug-likeness (QED) is 0.872. The molecule has 0 saturated heterocycles. The molecule has 3 heteroatoms. The molecule has 0 saturated carbocycles. The fourth-order valence-corrected chi connectivity index (χ4v) is 1.77. The first-order chi connectivity index (χ1) is 7.82. The van der Waals surface area contributed by atoms with Gasteiger partial charge in [-0.2, -0.15) is 0 Å². The molecule has 94 valence electrons. The Bertz CT molecular complexity index is 422. The molecule has 0 unspecified atom stereocenters. The average molecular weight is 235 g/mol. The van der Waals surface area contributed by atoms with Gasteiger partial charge in [-0.3, -0.25) is 4.79 Å². The molecule has 0 atom stereocenters. The van der Waals surface area contributed by atoms with E-state index in [9.17, 15) is 4.79 Å². The lowest BCUT2D eigenvalue weighted by Crippen LogP contribution is -2.15. The summed E-state index contributed by atoms with van der Waals surface area (Å²) in [7, 11) is 0. The van der Waals surface area contributed by atoms with Crippen LogP contribution in [0.15, 0.2) is 12.1 Å². The molecule has 0 radical (unpaired) electrons. The van der Waals surface area contributed by atoms with Gasteiger partial charge in [0.15, 0.2) is 0 Å². The van der Waals surface area contributed by atoms with Gasteiger partial charge in [0.05, 0.1) is 6.10 Å². The summed E-state index contributed by atoms with van der Waals surface area (Å²) in [4.78, 5) is 11.3. The summed E-state index contributed by atoms with van der Waals surface area (Å²) in [5.41, 5.74) is 7.81. The minimum atomic E-state index is -0.388. The van der Waals surface area contributed by atoms with Gasteiger partial charge in [0.2, 0.25) is 5.91 Å². The second kappa shape index (κ2) is 5.21. The van der Waals surface area contributed by atoms with Gasteiger partial charge in [-0.1, -0.05) is 13.8 Å². The summed E-state index contributed by atoms with van der Waals surface area (Å²) in [6.07, 6.45) is 0.117. The van der Waals surface area contributed by atoms with Crippen LogP contribution in [0.4, 0.5) is 0 Å². The number of rotatable bonds is 4. The van der Waals surface area contributed by atoms with Crippen molar-refractivity contribution >= 4 is 5.91 Å². The molecule has 0 fully saturated rings. The number of hydrogen-bond acceptors (Lipinski definition) is 2. The van der Waals surface area contributed by atoms with Gasteiger partial charge in [0.1, 0.15) is 5.75 Å². The fraction of sp³-hybridized carbons (Fsp3) is 0.500. The lowest BCUT2D eigenvalue weighted by molar-refractivity contribution is 0.0999. The van der Waals surface area contributed by atoms with E-state index in [1.165, 1.54) is 0 Å². The Morgan fingerprint density at radius 2 is 1.82 bits per heavy atom. The number of carbonyl (C=O) groups excluding carboxylic acids is 1. The van der Waals surface area contributed by atoms with E-state index in [1.54, 1.807) is 0 Å². The van der Waals surface area contributed by atoms with Crippen LogP contribution in [-0.4, -0.2) is 12.0 Å². The number of ether oxygens (including phenoxy) is 1. The maximum absolute atomic E-state index is 11.3. The van der Waals surface area contributed by atoms with Crippen LogP contribution in [0.25, 0.3) is 0 Å². The van der Waals surface area contributed by atoms with E-state index in [-0.39, 0.29) is 12.0 Å². The molecule has 0 aliphatic carbocycles. The van der Waals surface area contributed by atoms with E-state index in [4.69, 9.17) is 10.5 Å². The first-order valence-corrected chi connectivity index (χ1v) is 5.94. The average Bonchev–Trinajstić information content (AvgIpc) is 2.15. The van der Waals surface area contributed by atoms with Crippen molar-refractivity contribution < 1.29 is 9.53 Å². The maximum Gasteiger partial charge on any atom is 0.248 e. The van der Waals surface area contributed by atoms with Gasteiger partial charge < -0.3 is 10.5 Å². The number of primary amides is 1.